The van der Waals surface area contributed by atoms with E-state index in [9.17, 15) is 4.79 Å². The lowest BCUT2D eigenvalue weighted by atomic mass is 10.1. The second kappa shape index (κ2) is 11.5. The number of carbonyl (C=O) groups is 1. The molecule has 4 nitrogen and oxygen atoms in total. The minimum atomic E-state index is -0.443. The zero-order valence-electron chi connectivity index (χ0n) is 18.2. The highest BCUT2D eigenvalue weighted by molar-refractivity contribution is 7.99. The summed E-state index contributed by atoms with van der Waals surface area (Å²) >= 11 is 1.92. The van der Waals surface area contributed by atoms with Crippen LogP contribution >= 0.6 is 11.8 Å². The summed E-state index contributed by atoms with van der Waals surface area (Å²) in [5, 5.41) is 0.316. The predicted octanol–water partition coefficient (Wildman–Crippen LogP) is 5.97. The van der Waals surface area contributed by atoms with E-state index >= 15 is 0 Å². The Labute approximate surface area is 170 Å². The van der Waals surface area contributed by atoms with Crippen LogP contribution in [0, 0.1) is 0 Å². The van der Waals surface area contributed by atoms with Crippen molar-refractivity contribution in [1.29, 1.82) is 0 Å². The van der Waals surface area contributed by atoms with Crippen molar-refractivity contribution in [2.75, 3.05) is 36.8 Å². The third kappa shape index (κ3) is 7.65. The highest BCUT2D eigenvalue weighted by atomic mass is 32.2. The van der Waals surface area contributed by atoms with E-state index in [0.717, 1.165) is 31.8 Å². The molecule has 2 rings (SSSR count). The van der Waals surface area contributed by atoms with Gasteiger partial charge in [0.25, 0.3) is 0 Å². The van der Waals surface area contributed by atoms with E-state index in [1.54, 1.807) is 0 Å². The summed E-state index contributed by atoms with van der Waals surface area (Å²) in [5.74, 6) is 0.947. The maximum Gasteiger partial charge on any atom is 0.410 e. The van der Waals surface area contributed by atoms with Crippen molar-refractivity contribution in [3.63, 3.8) is 0 Å². The molecule has 1 unspecified atom stereocenters. The van der Waals surface area contributed by atoms with Crippen molar-refractivity contribution >= 4 is 23.5 Å². The van der Waals surface area contributed by atoms with E-state index < -0.39 is 5.60 Å². The van der Waals surface area contributed by atoms with Crippen molar-refractivity contribution in [3.8, 4) is 0 Å². The van der Waals surface area contributed by atoms with E-state index in [1.807, 2.05) is 51.3 Å². The fourth-order valence-electron chi connectivity index (χ4n) is 2.98. The lowest BCUT2D eigenvalue weighted by molar-refractivity contribution is 0.0257. The van der Waals surface area contributed by atoms with Gasteiger partial charge in [0, 0.05) is 42.9 Å². The van der Waals surface area contributed by atoms with E-state index in [2.05, 4.69) is 43.0 Å². The number of hydrogen-bond donors (Lipinski definition) is 0. The SMILES string of the molecule is CC.CCCN(CC)c1ccc(C2CN(C(=O)OC(C)(C)C)CCS2)cc1. The van der Waals surface area contributed by atoms with Gasteiger partial charge in [-0.3, -0.25) is 0 Å². The minimum absolute atomic E-state index is 0.200. The van der Waals surface area contributed by atoms with Crippen molar-refractivity contribution in [2.24, 2.45) is 0 Å². The third-order valence-corrected chi connectivity index (χ3v) is 5.47. The highest BCUT2D eigenvalue weighted by Crippen LogP contribution is 2.34. The molecule has 0 radical (unpaired) electrons. The molecule has 1 amide bonds. The third-order valence-electron chi connectivity index (χ3n) is 4.22. The quantitative estimate of drug-likeness (QED) is 0.615. The van der Waals surface area contributed by atoms with Crippen molar-refractivity contribution in [2.45, 2.75) is 65.7 Å². The van der Waals surface area contributed by atoms with Gasteiger partial charge in [0.1, 0.15) is 5.60 Å². The molecular formula is C22H38N2O2S. The highest BCUT2D eigenvalue weighted by Gasteiger charge is 2.28. The molecule has 1 aromatic carbocycles. The summed E-state index contributed by atoms with van der Waals surface area (Å²) in [6.07, 6.45) is 0.952. The molecule has 0 bridgehead atoms. The summed E-state index contributed by atoms with van der Waals surface area (Å²) in [4.78, 5) is 16.6. The first-order valence-corrected chi connectivity index (χ1v) is 11.3. The van der Waals surface area contributed by atoms with Gasteiger partial charge in [0.15, 0.2) is 0 Å². The Morgan fingerprint density at radius 1 is 1.22 bits per heavy atom. The van der Waals surface area contributed by atoms with Gasteiger partial charge < -0.3 is 14.5 Å². The standard InChI is InChI=1S/C20H32N2O2S.C2H6/c1-6-12-21(7-2)17-10-8-16(9-11-17)18-15-22(13-14-25-18)19(23)24-20(3,4)5;1-2/h8-11,18H,6-7,12-15H2,1-5H3;1-2H3. The van der Waals surface area contributed by atoms with Gasteiger partial charge in [0.2, 0.25) is 0 Å². The number of amides is 1. The fraction of sp³-hybridized carbons (Fsp3) is 0.682. The molecule has 0 aliphatic carbocycles. The van der Waals surface area contributed by atoms with Crippen LogP contribution in [-0.4, -0.2) is 48.5 Å². The Hall–Kier alpha value is -1.36. The molecule has 0 N–H and O–H groups in total. The number of anilines is 1. The smallest absolute Gasteiger partial charge is 0.410 e. The largest absolute Gasteiger partial charge is 0.444 e. The van der Waals surface area contributed by atoms with Gasteiger partial charge in [-0.05, 0) is 51.8 Å². The first kappa shape index (κ1) is 23.7. The van der Waals surface area contributed by atoms with E-state index in [1.165, 1.54) is 11.3 Å². The van der Waals surface area contributed by atoms with Crippen LogP contribution < -0.4 is 4.90 Å². The molecule has 0 spiro atoms. The Balaban J connectivity index is 0.00000176. The molecular weight excluding hydrogens is 356 g/mol. The monoisotopic (exact) mass is 394 g/mol. The topological polar surface area (TPSA) is 32.8 Å². The van der Waals surface area contributed by atoms with Gasteiger partial charge in [-0.15, -0.1) is 0 Å². The molecule has 27 heavy (non-hydrogen) atoms. The zero-order chi connectivity index (χ0) is 20.4. The molecule has 0 saturated carbocycles. The van der Waals surface area contributed by atoms with Crippen molar-refractivity contribution < 1.29 is 9.53 Å². The molecule has 1 aromatic rings. The van der Waals surface area contributed by atoms with Gasteiger partial charge in [-0.2, -0.15) is 11.8 Å². The van der Waals surface area contributed by atoms with Crippen LogP contribution in [-0.2, 0) is 4.74 Å². The number of ether oxygens (including phenoxy) is 1. The Bertz CT molecular complexity index is 554. The molecule has 1 saturated heterocycles. The fourth-order valence-corrected chi connectivity index (χ4v) is 4.23. The van der Waals surface area contributed by atoms with Gasteiger partial charge in [-0.1, -0.05) is 32.9 Å². The first-order valence-electron chi connectivity index (χ1n) is 10.3. The number of benzene rings is 1. The first-order chi connectivity index (χ1) is 12.8. The summed E-state index contributed by atoms with van der Waals surface area (Å²) < 4.78 is 5.52. The molecule has 1 atom stereocenters. The lowest BCUT2D eigenvalue weighted by Crippen LogP contribution is -2.42. The maximum atomic E-state index is 12.3. The number of nitrogens with zero attached hydrogens (tertiary/aromatic N) is 2. The second-order valence-electron chi connectivity index (χ2n) is 7.46. The Kier molecular flexibility index (Phi) is 10.1. The number of thioether (sulfide) groups is 1. The molecule has 5 heteroatoms. The van der Waals surface area contributed by atoms with Gasteiger partial charge in [0.05, 0.1) is 0 Å². The van der Waals surface area contributed by atoms with Crippen LogP contribution in [0.15, 0.2) is 24.3 Å². The van der Waals surface area contributed by atoms with Crippen LogP contribution in [0.5, 0.6) is 0 Å². The van der Waals surface area contributed by atoms with E-state index in [0.29, 0.717) is 11.8 Å². The zero-order valence-corrected chi connectivity index (χ0v) is 19.1. The lowest BCUT2D eigenvalue weighted by Gasteiger charge is -2.34. The van der Waals surface area contributed by atoms with Crippen LogP contribution in [0.1, 0.15) is 65.7 Å². The molecule has 154 valence electrons. The molecule has 1 aliphatic heterocycles. The van der Waals surface area contributed by atoms with E-state index in [4.69, 9.17) is 4.74 Å². The number of hydrogen-bond acceptors (Lipinski definition) is 4. The van der Waals surface area contributed by atoms with Crippen molar-refractivity contribution in [3.05, 3.63) is 29.8 Å². The summed E-state index contributed by atoms with van der Waals surface area (Å²) in [6.45, 7) is 17.7. The Morgan fingerprint density at radius 3 is 2.37 bits per heavy atom. The van der Waals surface area contributed by atoms with Crippen LogP contribution in [0.2, 0.25) is 0 Å². The normalized spacial score (nSPS) is 17.0. The van der Waals surface area contributed by atoms with Crippen molar-refractivity contribution in [1.82, 2.24) is 4.90 Å². The number of rotatable bonds is 5. The molecule has 1 heterocycles. The summed E-state index contributed by atoms with van der Waals surface area (Å²) in [6, 6.07) is 8.84. The van der Waals surface area contributed by atoms with Gasteiger partial charge in [-0.25, -0.2) is 4.79 Å². The Morgan fingerprint density at radius 2 is 1.85 bits per heavy atom. The van der Waals surface area contributed by atoms with Gasteiger partial charge >= 0.3 is 6.09 Å². The molecule has 1 aliphatic rings. The summed E-state index contributed by atoms with van der Waals surface area (Å²) in [7, 11) is 0. The number of carbonyl (C=O) groups excluding carboxylic acids is 1. The summed E-state index contributed by atoms with van der Waals surface area (Å²) in [5.41, 5.74) is 2.12. The maximum absolute atomic E-state index is 12.3. The second-order valence-corrected chi connectivity index (χ2v) is 8.77. The van der Waals surface area contributed by atoms with Crippen LogP contribution in [0.4, 0.5) is 10.5 Å². The van der Waals surface area contributed by atoms with E-state index in [-0.39, 0.29) is 6.09 Å². The van der Waals surface area contributed by atoms with Crippen LogP contribution in [0.25, 0.3) is 0 Å². The predicted molar refractivity (Wildman–Crippen MR) is 119 cm³/mol. The average Bonchev–Trinajstić information content (AvgIpc) is 2.66. The molecule has 1 fully saturated rings. The van der Waals surface area contributed by atoms with Crippen LogP contribution in [0.3, 0.4) is 0 Å². The molecule has 0 aromatic heterocycles. The minimum Gasteiger partial charge on any atom is -0.444 e. The average molecular weight is 395 g/mol.